The summed E-state index contributed by atoms with van der Waals surface area (Å²) in [5.41, 5.74) is 6.25. The van der Waals surface area contributed by atoms with Crippen molar-refractivity contribution >= 4 is 61.8 Å². The number of hydrogen-bond donors (Lipinski definition) is 5. The van der Waals surface area contributed by atoms with Crippen LogP contribution in [0.5, 0.6) is 0 Å². The van der Waals surface area contributed by atoms with Crippen LogP contribution < -0.4 is 16.4 Å². The summed E-state index contributed by atoms with van der Waals surface area (Å²) < 4.78 is 51.9. The van der Waals surface area contributed by atoms with Crippen LogP contribution in [0.15, 0.2) is 52.3 Å². The number of nitrogens with zero attached hydrogens (tertiary/aromatic N) is 3. The highest BCUT2D eigenvalue weighted by molar-refractivity contribution is 7.86. The van der Waals surface area contributed by atoms with Gasteiger partial charge in [-0.05, 0) is 48.0 Å². The molecule has 0 aliphatic heterocycles. The second kappa shape index (κ2) is 8.26. The van der Waals surface area contributed by atoms with Crippen molar-refractivity contribution in [1.82, 2.24) is 15.0 Å². The minimum absolute atomic E-state index is 0.0217. The highest BCUT2D eigenvalue weighted by Gasteiger charge is 2.14. The molecule has 3 rings (SSSR count). The predicted octanol–water partition coefficient (Wildman–Crippen LogP) is 2.42. The third-order valence-electron chi connectivity index (χ3n) is 3.44. The van der Waals surface area contributed by atoms with Crippen LogP contribution >= 0.6 is 11.6 Å². The summed E-state index contributed by atoms with van der Waals surface area (Å²) in [6, 6.07) is 9.88. The zero-order valence-electron chi connectivity index (χ0n) is 14.3. The molecule has 3 aromatic rings. The van der Waals surface area contributed by atoms with E-state index in [1.807, 2.05) is 0 Å². The van der Waals surface area contributed by atoms with Crippen molar-refractivity contribution in [3.8, 4) is 0 Å². The second-order valence-electron chi connectivity index (χ2n) is 5.51. The van der Waals surface area contributed by atoms with Crippen molar-refractivity contribution < 1.29 is 21.7 Å². The van der Waals surface area contributed by atoms with Gasteiger partial charge < -0.3 is 20.9 Å². The number of hydrogen-bond acceptors (Lipinski definition) is 9. The standard InChI is InChI=1S/C15H13ClN6O5S2/c16-13-20-14(18-8-2-1-3-10(6-8)28(23)24)22-15(21-13)19-9-4-5-12(11(17)7-9)29(25,26)27/h1-7H,17H2,(H,23,24)(H,25,26,27)(H2,18,19,20,21,22). The van der Waals surface area contributed by atoms with Crippen molar-refractivity contribution in [2.75, 3.05) is 16.4 Å². The topological polar surface area (TPSA) is 180 Å². The first-order chi connectivity index (χ1) is 13.6. The number of nitrogen functional groups attached to an aromatic ring is 1. The molecule has 14 heteroatoms. The monoisotopic (exact) mass is 456 g/mol. The molecular formula is C15H13ClN6O5S2. The molecule has 0 amide bonds. The van der Waals surface area contributed by atoms with Crippen LogP contribution in [-0.4, -0.2) is 36.7 Å². The molecule has 0 aliphatic rings. The minimum Gasteiger partial charge on any atom is -0.398 e. The third-order valence-corrected chi connectivity index (χ3v) is 5.20. The van der Waals surface area contributed by atoms with Crippen molar-refractivity contribution in [2.45, 2.75) is 9.79 Å². The Balaban J connectivity index is 1.85. The van der Waals surface area contributed by atoms with Gasteiger partial charge in [0, 0.05) is 11.4 Å². The Bertz CT molecular complexity index is 1210. The predicted molar refractivity (Wildman–Crippen MR) is 108 cm³/mol. The van der Waals surface area contributed by atoms with Gasteiger partial charge in [0.15, 0.2) is 11.1 Å². The van der Waals surface area contributed by atoms with Crippen molar-refractivity contribution in [2.24, 2.45) is 0 Å². The van der Waals surface area contributed by atoms with Crippen LogP contribution in [0.3, 0.4) is 0 Å². The van der Waals surface area contributed by atoms with E-state index in [9.17, 15) is 12.6 Å². The maximum atomic E-state index is 11.2. The molecule has 29 heavy (non-hydrogen) atoms. The molecule has 6 N–H and O–H groups in total. The molecule has 0 saturated carbocycles. The van der Waals surface area contributed by atoms with E-state index in [2.05, 4.69) is 25.6 Å². The fourth-order valence-electron chi connectivity index (χ4n) is 2.26. The van der Waals surface area contributed by atoms with Crippen LogP contribution in [-0.2, 0) is 21.2 Å². The lowest BCUT2D eigenvalue weighted by Gasteiger charge is -2.10. The Morgan fingerprint density at radius 3 is 2.17 bits per heavy atom. The summed E-state index contributed by atoms with van der Waals surface area (Å²) in [5.74, 6) is 0.0734. The maximum Gasteiger partial charge on any atom is 0.296 e. The fourth-order valence-corrected chi connectivity index (χ4v) is 3.44. The van der Waals surface area contributed by atoms with Gasteiger partial charge in [0.2, 0.25) is 17.2 Å². The van der Waals surface area contributed by atoms with Gasteiger partial charge in [0.05, 0.1) is 10.6 Å². The van der Waals surface area contributed by atoms with Crippen molar-refractivity contribution in [1.29, 1.82) is 0 Å². The van der Waals surface area contributed by atoms with E-state index in [1.54, 1.807) is 12.1 Å². The average molecular weight is 457 g/mol. The number of anilines is 5. The van der Waals surface area contributed by atoms with E-state index in [1.165, 1.54) is 24.3 Å². The van der Waals surface area contributed by atoms with Gasteiger partial charge in [-0.25, -0.2) is 4.21 Å². The lowest BCUT2D eigenvalue weighted by atomic mass is 10.3. The van der Waals surface area contributed by atoms with Crippen molar-refractivity contribution in [3.63, 3.8) is 0 Å². The zero-order valence-corrected chi connectivity index (χ0v) is 16.7. The van der Waals surface area contributed by atoms with Crippen molar-refractivity contribution in [3.05, 3.63) is 47.7 Å². The Morgan fingerprint density at radius 2 is 1.62 bits per heavy atom. The Kier molecular flexibility index (Phi) is 5.95. The number of aromatic nitrogens is 3. The van der Waals surface area contributed by atoms with Crippen LogP contribution in [0.1, 0.15) is 0 Å². The number of rotatable bonds is 6. The third kappa shape index (κ3) is 5.36. The molecule has 1 atom stereocenters. The summed E-state index contributed by atoms with van der Waals surface area (Å²) in [7, 11) is -4.45. The largest absolute Gasteiger partial charge is 0.398 e. The maximum absolute atomic E-state index is 11.2. The van der Waals surface area contributed by atoms with Crippen LogP contribution in [0.2, 0.25) is 5.28 Å². The highest BCUT2D eigenvalue weighted by atomic mass is 35.5. The highest BCUT2D eigenvalue weighted by Crippen LogP contribution is 2.25. The smallest absolute Gasteiger partial charge is 0.296 e. The number of nitrogens with two attached hydrogens (primary N) is 1. The minimum atomic E-state index is -4.45. The van der Waals surface area contributed by atoms with Gasteiger partial charge >= 0.3 is 0 Å². The first-order valence-corrected chi connectivity index (χ1v) is 10.6. The van der Waals surface area contributed by atoms with Gasteiger partial charge in [-0.3, -0.25) is 4.55 Å². The Labute approximate surface area is 172 Å². The van der Waals surface area contributed by atoms with Crippen LogP contribution in [0.25, 0.3) is 0 Å². The Hall–Kier alpha value is -2.84. The molecule has 1 heterocycles. The molecule has 0 spiro atoms. The van der Waals surface area contributed by atoms with E-state index >= 15 is 0 Å². The SMILES string of the molecule is Nc1cc(Nc2nc(Cl)nc(Nc3cccc(S(=O)O)c3)n2)ccc1S(=O)(=O)O. The van der Waals surface area contributed by atoms with E-state index in [4.69, 9.17) is 26.4 Å². The lowest BCUT2D eigenvalue weighted by molar-refractivity contribution is 0.483. The van der Waals surface area contributed by atoms with Gasteiger partial charge in [0.25, 0.3) is 10.1 Å². The summed E-state index contributed by atoms with van der Waals surface area (Å²) in [5, 5.41) is 5.48. The molecule has 2 aromatic carbocycles. The molecule has 0 aliphatic carbocycles. The van der Waals surface area contributed by atoms with E-state index in [0.717, 1.165) is 6.07 Å². The lowest BCUT2D eigenvalue weighted by Crippen LogP contribution is -2.06. The normalized spacial score (nSPS) is 12.4. The average Bonchev–Trinajstić information content (AvgIpc) is 2.60. The van der Waals surface area contributed by atoms with E-state index < -0.39 is 26.1 Å². The second-order valence-corrected chi connectivity index (χ2v) is 8.20. The van der Waals surface area contributed by atoms with E-state index in [0.29, 0.717) is 11.4 Å². The van der Waals surface area contributed by atoms with Gasteiger partial charge in [-0.2, -0.15) is 23.4 Å². The van der Waals surface area contributed by atoms with Gasteiger partial charge in [-0.15, -0.1) is 0 Å². The summed E-state index contributed by atoms with van der Waals surface area (Å²) in [6.07, 6.45) is 0. The first kappa shape index (κ1) is 20.9. The summed E-state index contributed by atoms with van der Waals surface area (Å²) >= 11 is 3.77. The fraction of sp³-hybridized carbons (Fsp3) is 0. The molecule has 1 unspecified atom stereocenters. The molecular weight excluding hydrogens is 444 g/mol. The van der Waals surface area contributed by atoms with Crippen LogP contribution in [0.4, 0.5) is 29.0 Å². The molecule has 152 valence electrons. The molecule has 0 fully saturated rings. The molecule has 1 aromatic heterocycles. The molecule has 0 bridgehead atoms. The first-order valence-electron chi connectivity index (χ1n) is 7.65. The number of benzene rings is 2. The van der Waals surface area contributed by atoms with Gasteiger partial charge in [-0.1, -0.05) is 6.07 Å². The number of nitrogens with one attached hydrogen (secondary N) is 2. The van der Waals surface area contributed by atoms with Crippen LogP contribution in [0, 0.1) is 0 Å². The molecule has 0 saturated heterocycles. The Morgan fingerprint density at radius 1 is 1.00 bits per heavy atom. The quantitative estimate of drug-likeness (QED) is 0.208. The molecule has 0 radical (unpaired) electrons. The van der Waals surface area contributed by atoms with Gasteiger partial charge in [0.1, 0.15) is 4.90 Å². The summed E-state index contributed by atoms with van der Waals surface area (Å²) in [6.45, 7) is 0. The summed E-state index contributed by atoms with van der Waals surface area (Å²) in [4.78, 5) is 11.7. The van der Waals surface area contributed by atoms with E-state index in [-0.39, 0.29) is 27.8 Å². The number of halogens is 1. The molecule has 11 nitrogen and oxygen atoms in total. The zero-order chi connectivity index (χ0) is 21.2.